The molecule has 2 aromatic heterocycles. The van der Waals surface area contributed by atoms with Crippen LogP contribution in [0.25, 0.3) is 0 Å². The summed E-state index contributed by atoms with van der Waals surface area (Å²) in [7, 11) is 0. The molecule has 152 valence electrons. The maximum atomic E-state index is 11.9. The molecule has 2 fully saturated rings. The van der Waals surface area contributed by atoms with Crippen LogP contribution in [-0.4, -0.2) is 55.6 Å². The summed E-state index contributed by atoms with van der Waals surface area (Å²) in [5.41, 5.74) is 6.41. The highest BCUT2D eigenvalue weighted by Crippen LogP contribution is 2.27. The number of likely N-dealkylation sites (tertiary alicyclic amines) is 1. The summed E-state index contributed by atoms with van der Waals surface area (Å²) in [6, 6.07) is 0.430. The number of carbonyl (C=O) groups is 2. The molecule has 2 aromatic rings. The van der Waals surface area contributed by atoms with E-state index in [0.717, 1.165) is 37.9 Å². The third kappa shape index (κ3) is 4.36. The molecule has 1 saturated carbocycles. The highest BCUT2D eigenvalue weighted by atomic mass is 16.2. The zero-order chi connectivity index (χ0) is 20.4. The maximum absolute atomic E-state index is 11.9. The predicted octanol–water partition coefficient (Wildman–Crippen LogP) is 1.44. The smallest absolute Gasteiger partial charge is 0.254 e. The first-order chi connectivity index (χ1) is 14.0. The van der Waals surface area contributed by atoms with Gasteiger partial charge < -0.3 is 21.3 Å². The van der Waals surface area contributed by atoms with Gasteiger partial charge in [0.05, 0.1) is 23.5 Å². The van der Waals surface area contributed by atoms with Crippen molar-refractivity contribution in [1.82, 2.24) is 24.6 Å². The number of piperidine rings is 1. The molecular formula is C19H24N8O2. The number of carbonyl (C=O) groups excluding carboxylic acids is 2. The van der Waals surface area contributed by atoms with Gasteiger partial charge in [-0.15, -0.1) is 0 Å². The molecule has 1 saturated heterocycles. The molecular weight excluding hydrogens is 372 g/mol. The Hall–Kier alpha value is -3.43. The van der Waals surface area contributed by atoms with Gasteiger partial charge in [-0.1, -0.05) is 6.58 Å². The SMILES string of the molecule is C=CC(=O)N1CCCC(n2cc(Nc3ncc(C(N)=O)c(NC4CC4)n3)cn2)C1. The lowest BCUT2D eigenvalue weighted by atomic mass is 10.1. The van der Waals surface area contributed by atoms with Crippen molar-refractivity contribution in [2.24, 2.45) is 5.73 Å². The molecule has 4 rings (SSSR count). The van der Waals surface area contributed by atoms with Gasteiger partial charge in [0.25, 0.3) is 5.91 Å². The van der Waals surface area contributed by atoms with Crippen molar-refractivity contribution in [2.45, 2.75) is 37.8 Å². The maximum Gasteiger partial charge on any atom is 0.254 e. The zero-order valence-electron chi connectivity index (χ0n) is 16.0. The van der Waals surface area contributed by atoms with Crippen LogP contribution in [0, 0.1) is 0 Å². The highest BCUT2D eigenvalue weighted by molar-refractivity contribution is 5.97. The van der Waals surface area contributed by atoms with Crippen LogP contribution in [-0.2, 0) is 4.79 Å². The molecule has 1 aliphatic heterocycles. The van der Waals surface area contributed by atoms with Crippen molar-refractivity contribution in [3.63, 3.8) is 0 Å². The van der Waals surface area contributed by atoms with Gasteiger partial charge in [0, 0.05) is 31.5 Å². The Morgan fingerprint density at radius 1 is 1.28 bits per heavy atom. The van der Waals surface area contributed by atoms with Crippen LogP contribution in [0.4, 0.5) is 17.5 Å². The van der Waals surface area contributed by atoms with Crippen molar-refractivity contribution in [2.75, 3.05) is 23.7 Å². The molecule has 0 bridgehead atoms. The van der Waals surface area contributed by atoms with Crippen LogP contribution in [0.2, 0.25) is 0 Å². The van der Waals surface area contributed by atoms with Crippen molar-refractivity contribution >= 4 is 29.3 Å². The number of rotatable bonds is 7. The molecule has 0 aromatic carbocycles. The summed E-state index contributed by atoms with van der Waals surface area (Å²) in [6.07, 6.45) is 10.3. The van der Waals surface area contributed by atoms with Crippen molar-refractivity contribution in [3.05, 3.63) is 36.8 Å². The number of amides is 2. The van der Waals surface area contributed by atoms with E-state index in [4.69, 9.17) is 5.73 Å². The fraction of sp³-hybridized carbons (Fsp3) is 0.421. The molecule has 1 unspecified atom stereocenters. The van der Waals surface area contributed by atoms with E-state index in [-0.39, 0.29) is 17.5 Å². The Kier molecular flexibility index (Phi) is 5.15. The number of hydrogen-bond donors (Lipinski definition) is 3. The first-order valence-corrected chi connectivity index (χ1v) is 9.69. The van der Waals surface area contributed by atoms with Gasteiger partial charge >= 0.3 is 0 Å². The highest BCUT2D eigenvalue weighted by Gasteiger charge is 2.25. The fourth-order valence-corrected chi connectivity index (χ4v) is 3.38. The summed E-state index contributed by atoms with van der Waals surface area (Å²) in [5, 5.41) is 10.8. The number of nitrogens with one attached hydrogen (secondary N) is 2. The van der Waals surface area contributed by atoms with Gasteiger partial charge in [-0.25, -0.2) is 4.98 Å². The second kappa shape index (κ2) is 7.90. The summed E-state index contributed by atoms with van der Waals surface area (Å²) < 4.78 is 1.85. The van der Waals surface area contributed by atoms with Crippen LogP contribution in [0.1, 0.15) is 42.1 Å². The quantitative estimate of drug-likeness (QED) is 0.604. The Labute approximate surface area is 168 Å². The molecule has 29 heavy (non-hydrogen) atoms. The number of nitrogens with two attached hydrogens (primary N) is 1. The molecule has 10 nitrogen and oxygen atoms in total. The molecule has 1 aliphatic carbocycles. The van der Waals surface area contributed by atoms with Gasteiger partial charge in [0.15, 0.2) is 0 Å². The van der Waals surface area contributed by atoms with Crippen LogP contribution in [0.5, 0.6) is 0 Å². The van der Waals surface area contributed by atoms with Crippen LogP contribution in [0.3, 0.4) is 0 Å². The van der Waals surface area contributed by atoms with Crippen LogP contribution in [0.15, 0.2) is 31.2 Å². The van der Waals surface area contributed by atoms with E-state index in [9.17, 15) is 9.59 Å². The average molecular weight is 396 g/mol. The van der Waals surface area contributed by atoms with E-state index < -0.39 is 5.91 Å². The van der Waals surface area contributed by atoms with E-state index in [1.165, 1.54) is 12.3 Å². The molecule has 3 heterocycles. The Balaban J connectivity index is 1.47. The third-order valence-electron chi connectivity index (χ3n) is 5.09. The number of hydrogen-bond acceptors (Lipinski definition) is 7. The van der Waals surface area contributed by atoms with Crippen LogP contribution >= 0.6 is 0 Å². The zero-order valence-corrected chi connectivity index (χ0v) is 16.0. The molecule has 2 amide bonds. The lowest BCUT2D eigenvalue weighted by Crippen LogP contribution is -2.39. The van der Waals surface area contributed by atoms with E-state index >= 15 is 0 Å². The largest absolute Gasteiger partial charge is 0.367 e. The monoisotopic (exact) mass is 396 g/mol. The Morgan fingerprint density at radius 3 is 2.83 bits per heavy atom. The molecule has 10 heteroatoms. The second-order valence-corrected chi connectivity index (χ2v) is 7.36. The topological polar surface area (TPSA) is 131 Å². The lowest BCUT2D eigenvalue weighted by Gasteiger charge is -2.32. The summed E-state index contributed by atoms with van der Waals surface area (Å²) in [6.45, 7) is 4.90. The van der Waals surface area contributed by atoms with Gasteiger partial charge in [0.1, 0.15) is 5.82 Å². The first kappa shape index (κ1) is 18.9. The summed E-state index contributed by atoms with van der Waals surface area (Å²) >= 11 is 0. The van der Waals surface area contributed by atoms with Gasteiger partial charge in [0.2, 0.25) is 11.9 Å². The minimum atomic E-state index is -0.566. The second-order valence-electron chi connectivity index (χ2n) is 7.36. The van der Waals surface area contributed by atoms with Crippen molar-refractivity contribution < 1.29 is 9.59 Å². The average Bonchev–Trinajstić information content (AvgIpc) is 3.42. The summed E-state index contributed by atoms with van der Waals surface area (Å²) in [4.78, 5) is 33.9. The van der Waals surface area contributed by atoms with Crippen LogP contribution < -0.4 is 16.4 Å². The minimum Gasteiger partial charge on any atom is -0.367 e. The van der Waals surface area contributed by atoms with E-state index in [1.807, 2.05) is 10.9 Å². The number of aromatic nitrogens is 4. The summed E-state index contributed by atoms with van der Waals surface area (Å²) in [5.74, 6) is 0.169. The number of anilines is 3. The van der Waals surface area contributed by atoms with Gasteiger partial charge in [-0.3, -0.25) is 14.3 Å². The third-order valence-corrected chi connectivity index (χ3v) is 5.09. The standard InChI is InChI=1S/C19H24N8O2/c1-2-16(28)26-7-3-4-14(11-26)27-10-13(8-22-27)24-19-21-9-15(17(20)29)18(25-19)23-12-5-6-12/h2,8-10,12,14H,1,3-7,11H2,(H2,20,29)(H2,21,23,24,25). The first-order valence-electron chi connectivity index (χ1n) is 9.69. The lowest BCUT2D eigenvalue weighted by molar-refractivity contribution is -0.127. The van der Waals surface area contributed by atoms with Crippen molar-refractivity contribution in [1.29, 1.82) is 0 Å². The van der Waals surface area contributed by atoms with Gasteiger partial charge in [-0.2, -0.15) is 10.1 Å². The molecule has 4 N–H and O–H groups in total. The van der Waals surface area contributed by atoms with E-state index in [1.54, 1.807) is 11.1 Å². The predicted molar refractivity (Wildman–Crippen MR) is 108 cm³/mol. The normalized spacial score (nSPS) is 18.9. The minimum absolute atomic E-state index is 0.0566. The van der Waals surface area contributed by atoms with Gasteiger partial charge in [-0.05, 0) is 31.8 Å². The molecule has 0 spiro atoms. The number of nitrogens with zero attached hydrogens (tertiary/aromatic N) is 5. The Morgan fingerprint density at radius 2 is 2.10 bits per heavy atom. The van der Waals surface area contributed by atoms with E-state index in [2.05, 4.69) is 32.3 Å². The number of primary amides is 1. The molecule has 1 atom stereocenters. The Bertz CT molecular complexity index is 936. The van der Waals surface area contributed by atoms with Crippen molar-refractivity contribution in [3.8, 4) is 0 Å². The fourth-order valence-electron chi connectivity index (χ4n) is 3.38. The van der Waals surface area contributed by atoms with E-state index in [0.29, 0.717) is 24.4 Å². The molecule has 0 radical (unpaired) electrons. The molecule has 2 aliphatic rings.